The minimum atomic E-state index is -0.623. The first kappa shape index (κ1) is 25.5. The molecule has 11 nitrogen and oxygen atoms in total. The molecule has 39 heavy (non-hydrogen) atoms. The van der Waals surface area contributed by atoms with Gasteiger partial charge in [-0.15, -0.1) is 5.10 Å². The molecular formula is C28H36N8O3. The fraction of sp³-hybridized carbons (Fsp3) is 0.571. The van der Waals surface area contributed by atoms with Crippen LogP contribution in [0.15, 0.2) is 30.7 Å². The fourth-order valence-corrected chi connectivity index (χ4v) is 5.56. The summed E-state index contributed by atoms with van der Waals surface area (Å²) in [5.74, 6) is 1.55. The summed E-state index contributed by atoms with van der Waals surface area (Å²) in [5, 5.41) is 23.4. The van der Waals surface area contributed by atoms with Gasteiger partial charge in [-0.2, -0.15) is 15.3 Å². The van der Waals surface area contributed by atoms with Crippen molar-refractivity contribution < 1.29 is 14.3 Å². The minimum Gasteiger partial charge on any atom is -0.480 e. The van der Waals surface area contributed by atoms with Gasteiger partial charge in [0.05, 0.1) is 31.2 Å². The van der Waals surface area contributed by atoms with Crippen LogP contribution in [0.3, 0.4) is 0 Å². The zero-order chi connectivity index (χ0) is 27.1. The van der Waals surface area contributed by atoms with E-state index in [1.165, 1.54) is 0 Å². The van der Waals surface area contributed by atoms with Gasteiger partial charge in [-0.05, 0) is 82.3 Å². The lowest BCUT2D eigenvalue weighted by Gasteiger charge is -2.27. The molecule has 0 saturated heterocycles. The SMILES string of the molecule is COc1nnc(C2CC2)cc1Cn1cc(NC(=O)C(NC(=O)c2ccnn2C(C)C)C(C2CC2)C2CC2)cn1. The molecule has 3 aromatic heterocycles. The van der Waals surface area contributed by atoms with Gasteiger partial charge in [0, 0.05) is 29.9 Å². The first-order valence-corrected chi connectivity index (χ1v) is 14.0. The summed E-state index contributed by atoms with van der Waals surface area (Å²) in [5.41, 5.74) is 2.92. The monoisotopic (exact) mass is 532 g/mol. The van der Waals surface area contributed by atoms with Crippen LogP contribution in [-0.2, 0) is 11.3 Å². The molecule has 3 heterocycles. The van der Waals surface area contributed by atoms with Crippen LogP contribution in [0.25, 0.3) is 0 Å². The summed E-state index contributed by atoms with van der Waals surface area (Å²) in [6.07, 6.45) is 11.7. The molecule has 3 aliphatic rings. The Morgan fingerprint density at radius 3 is 2.46 bits per heavy atom. The zero-order valence-corrected chi connectivity index (χ0v) is 22.7. The topological polar surface area (TPSA) is 129 Å². The molecule has 0 bridgehead atoms. The van der Waals surface area contributed by atoms with Gasteiger partial charge in [0.25, 0.3) is 5.91 Å². The molecule has 0 aromatic carbocycles. The van der Waals surface area contributed by atoms with Crippen molar-refractivity contribution in [1.82, 2.24) is 35.1 Å². The smallest absolute Gasteiger partial charge is 0.270 e. The molecule has 3 saturated carbocycles. The second-order valence-electron chi connectivity index (χ2n) is 11.5. The summed E-state index contributed by atoms with van der Waals surface area (Å²) in [7, 11) is 1.58. The molecule has 3 fully saturated rings. The maximum atomic E-state index is 13.7. The van der Waals surface area contributed by atoms with Crippen molar-refractivity contribution in [2.24, 2.45) is 17.8 Å². The highest BCUT2D eigenvalue weighted by Gasteiger charge is 2.48. The quantitative estimate of drug-likeness (QED) is 0.365. The maximum Gasteiger partial charge on any atom is 0.270 e. The zero-order valence-electron chi connectivity index (χ0n) is 22.7. The van der Waals surface area contributed by atoms with E-state index in [1.54, 1.807) is 41.1 Å². The van der Waals surface area contributed by atoms with Crippen molar-refractivity contribution >= 4 is 17.5 Å². The molecule has 6 rings (SSSR count). The second-order valence-corrected chi connectivity index (χ2v) is 11.5. The third-order valence-corrected chi connectivity index (χ3v) is 7.95. The van der Waals surface area contributed by atoms with Crippen molar-refractivity contribution in [2.75, 3.05) is 12.4 Å². The Morgan fingerprint density at radius 2 is 1.82 bits per heavy atom. The fourth-order valence-electron chi connectivity index (χ4n) is 5.56. The number of aromatic nitrogens is 6. The van der Waals surface area contributed by atoms with Crippen molar-refractivity contribution in [2.45, 2.75) is 76.9 Å². The maximum absolute atomic E-state index is 13.7. The number of hydrogen-bond donors (Lipinski definition) is 2. The van der Waals surface area contributed by atoms with Crippen LogP contribution < -0.4 is 15.4 Å². The number of anilines is 1. The number of rotatable bonds is 12. The van der Waals surface area contributed by atoms with Crippen LogP contribution in [0.1, 0.15) is 86.1 Å². The molecule has 206 valence electrons. The van der Waals surface area contributed by atoms with E-state index in [0.717, 1.165) is 49.8 Å². The molecule has 0 spiro atoms. The van der Waals surface area contributed by atoms with Crippen LogP contribution in [0, 0.1) is 17.8 Å². The van der Waals surface area contributed by atoms with Gasteiger partial charge in [-0.3, -0.25) is 19.0 Å². The molecule has 11 heteroatoms. The van der Waals surface area contributed by atoms with Gasteiger partial charge in [0.1, 0.15) is 11.7 Å². The van der Waals surface area contributed by atoms with Crippen LogP contribution in [-0.4, -0.2) is 54.7 Å². The number of carbonyl (C=O) groups is 2. The van der Waals surface area contributed by atoms with E-state index in [0.29, 0.717) is 41.6 Å². The standard InChI is InChI=1S/C28H36N8O3/c1-16(2)36-23(10-11-29-36)26(37)32-25(24(18-6-7-18)19-8-9-19)27(38)31-21-13-30-35(15-21)14-20-12-22(17-4-5-17)33-34-28(20)39-3/h10-13,15-19,24-25H,4-9,14H2,1-3H3,(H,31,38)(H,32,37). The molecule has 2 N–H and O–H groups in total. The van der Waals surface area contributed by atoms with E-state index >= 15 is 0 Å². The number of nitrogens with one attached hydrogen (secondary N) is 2. The molecule has 2 amide bonds. The van der Waals surface area contributed by atoms with E-state index in [4.69, 9.17) is 4.74 Å². The second kappa shape index (κ2) is 10.4. The predicted octanol–water partition coefficient (Wildman–Crippen LogP) is 3.56. The molecule has 0 aliphatic heterocycles. The van der Waals surface area contributed by atoms with E-state index in [2.05, 4.69) is 31.0 Å². The first-order chi connectivity index (χ1) is 18.9. The van der Waals surface area contributed by atoms with Crippen molar-refractivity contribution in [3.63, 3.8) is 0 Å². The molecule has 1 atom stereocenters. The van der Waals surface area contributed by atoms with E-state index in [-0.39, 0.29) is 23.8 Å². The minimum absolute atomic E-state index is 0.0381. The Bertz CT molecular complexity index is 1340. The van der Waals surface area contributed by atoms with Crippen LogP contribution >= 0.6 is 0 Å². The Hall–Kier alpha value is -3.76. The average molecular weight is 533 g/mol. The summed E-state index contributed by atoms with van der Waals surface area (Å²) in [6, 6.07) is 3.15. The Labute approximate surface area is 227 Å². The third-order valence-electron chi connectivity index (χ3n) is 7.95. The van der Waals surface area contributed by atoms with Crippen molar-refractivity contribution in [1.29, 1.82) is 0 Å². The van der Waals surface area contributed by atoms with Gasteiger partial charge < -0.3 is 15.4 Å². The number of nitrogens with zero attached hydrogens (tertiary/aromatic N) is 6. The summed E-state index contributed by atoms with van der Waals surface area (Å²) < 4.78 is 8.86. The molecule has 1 unspecified atom stereocenters. The summed E-state index contributed by atoms with van der Waals surface area (Å²) in [4.78, 5) is 27.1. The largest absolute Gasteiger partial charge is 0.480 e. The Morgan fingerprint density at radius 1 is 1.08 bits per heavy atom. The molecule has 3 aromatic rings. The van der Waals surface area contributed by atoms with Gasteiger partial charge in [0.15, 0.2) is 0 Å². The van der Waals surface area contributed by atoms with E-state index < -0.39 is 6.04 Å². The lowest BCUT2D eigenvalue weighted by atomic mass is 9.88. The highest BCUT2D eigenvalue weighted by Crippen LogP contribution is 2.51. The van der Waals surface area contributed by atoms with Gasteiger partial charge in [-0.25, -0.2) is 0 Å². The van der Waals surface area contributed by atoms with E-state index in [1.807, 2.05) is 19.9 Å². The van der Waals surface area contributed by atoms with Crippen molar-refractivity contribution in [3.05, 3.63) is 47.7 Å². The predicted molar refractivity (Wildman–Crippen MR) is 143 cm³/mol. The Kier molecular flexibility index (Phi) is 6.82. The summed E-state index contributed by atoms with van der Waals surface area (Å²) >= 11 is 0. The lowest BCUT2D eigenvalue weighted by Crippen LogP contribution is -2.50. The number of amides is 2. The molecular weight excluding hydrogens is 496 g/mol. The third kappa shape index (κ3) is 5.67. The normalized spacial score (nSPS) is 17.9. The first-order valence-electron chi connectivity index (χ1n) is 14.0. The van der Waals surface area contributed by atoms with Gasteiger partial charge in [0.2, 0.25) is 11.8 Å². The van der Waals surface area contributed by atoms with Crippen molar-refractivity contribution in [3.8, 4) is 5.88 Å². The molecule has 3 aliphatic carbocycles. The van der Waals surface area contributed by atoms with Crippen LogP contribution in [0.5, 0.6) is 5.88 Å². The highest BCUT2D eigenvalue weighted by molar-refractivity contribution is 6.00. The van der Waals surface area contributed by atoms with Crippen LogP contribution in [0.2, 0.25) is 0 Å². The number of hydrogen-bond acceptors (Lipinski definition) is 7. The number of methoxy groups -OCH3 is 1. The number of ether oxygens (including phenoxy) is 1. The Balaban J connectivity index is 1.18. The summed E-state index contributed by atoms with van der Waals surface area (Å²) in [6.45, 7) is 4.40. The molecule has 0 radical (unpaired) electrons. The number of carbonyl (C=O) groups excluding carboxylic acids is 2. The average Bonchev–Trinajstić information content (AvgIpc) is 3.83. The van der Waals surface area contributed by atoms with E-state index in [9.17, 15) is 9.59 Å². The highest BCUT2D eigenvalue weighted by atomic mass is 16.5. The van der Waals surface area contributed by atoms with Gasteiger partial charge >= 0.3 is 0 Å². The van der Waals surface area contributed by atoms with Crippen LogP contribution in [0.4, 0.5) is 5.69 Å². The lowest BCUT2D eigenvalue weighted by molar-refractivity contribution is -0.119. The van der Waals surface area contributed by atoms with Gasteiger partial charge in [-0.1, -0.05) is 0 Å².